The maximum absolute atomic E-state index is 10.8. The number of nitrogens with two attached hydrogens (primary N) is 1. The number of hydrogen-bond donors (Lipinski definition) is 1. The number of hydrogen-bond acceptors (Lipinski definition) is 6. The van der Waals surface area contributed by atoms with Gasteiger partial charge in [-0.05, 0) is 79.4 Å². The van der Waals surface area contributed by atoms with Crippen molar-refractivity contribution in [2.45, 2.75) is 13.2 Å². The summed E-state index contributed by atoms with van der Waals surface area (Å²) < 4.78 is 12.1. The van der Waals surface area contributed by atoms with Gasteiger partial charge in [0.2, 0.25) is 0 Å². The topological polar surface area (TPSA) is 105 Å². The van der Waals surface area contributed by atoms with Crippen molar-refractivity contribution in [1.29, 1.82) is 0 Å². The molecular formula is C29H24Br2N2O5. The molecule has 0 aliphatic carbocycles. The van der Waals surface area contributed by atoms with Crippen LogP contribution in [0.4, 0.5) is 11.4 Å². The average Bonchev–Trinajstić information content (AvgIpc) is 2.93. The Labute approximate surface area is 237 Å². The Balaban J connectivity index is 0.000000211. The molecule has 0 aliphatic rings. The molecule has 194 valence electrons. The Hall–Kier alpha value is -3.95. The number of anilines is 1. The number of nitrogen functional groups attached to an aromatic ring is 1. The summed E-state index contributed by atoms with van der Waals surface area (Å²) in [6.07, 6.45) is 2.35. The molecule has 4 rings (SSSR count). The smallest absolute Gasteiger partial charge is 0.280 e. The molecule has 0 bridgehead atoms. The van der Waals surface area contributed by atoms with Crippen molar-refractivity contribution in [1.82, 2.24) is 0 Å². The van der Waals surface area contributed by atoms with E-state index in [0.29, 0.717) is 30.9 Å². The molecule has 9 heteroatoms. The van der Waals surface area contributed by atoms with Crippen LogP contribution in [0.25, 0.3) is 6.08 Å². The first-order valence-electron chi connectivity index (χ1n) is 11.3. The predicted octanol–water partition coefficient (Wildman–Crippen LogP) is 7.92. The second kappa shape index (κ2) is 14.7. The quantitative estimate of drug-likeness (QED) is 0.0863. The van der Waals surface area contributed by atoms with E-state index < -0.39 is 4.92 Å². The number of rotatable bonds is 9. The molecule has 0 amide bonds. The van der Waals surface area contributed by atoms with E-state index in [0.717, 1.165) is 25.8 Å². The summed E-state index contributed by atoms with van der Waals surface area (Å²) in [7, 11) is 0. The van der Waals surface area contributed by atoms with Crippen LogP contribution >= 0.6 is 31.9 Å². The number of carbonyl (C=O) groups excluding carboxylic acids is 1. The molecular weight excluding hydrogens is 616 g/mol. The van der Waals surface area contributed by atoms with Crippen LogP contribution in [0.3, 0.4) is 0 Å². The van der Waals surface area contributed by atoms with E-state index >= 15 is 0 Å². The zero-order valence-electron chi connectivity index (χ0n) is 20.1. The van der Waals surface area contributed by atoms with Crippen LogP contribution in [0.1, 0.15) is 27.0 Å². The number of nitro benzene ring substituents is 1. The summed E-state index contributed by atoms with van der Waals surface area (Å²) in [5.74, 6) is 1.22. The lowest BCUT2D eigenvalue weighted by Gasteiger charge is -2.08. The number of ether oxygens (including phenoxy) is 2. The highest BCUT2D eigenvalue weighted by Crippen LogP contribution is 2.26. The highest BCUT2D eigenvalue weighted by Gasteiger charge is 2.13. The normalized spacial score (nSPS) is 9.95. The van der Waals surface area contributed by atoms with Crippen molar-refractivity contribution in [3.05, 3.63) is 133 Å². The zero-order chi connectivity index (χ0) is 27.3. The van der Waals surface area contributed by atoms with Crippen molar-refractivity contribution < 1.29 is 19.2 Å². The minimum atomic E-state index is -0.593. The molecule has 0 spiro atoms. The van der Waals surface area contributed by atoms with E-state index in [1.165, 1.54) is 18.2 Å². The van der Waals surface area contributed by atoms with Crippen LogP contribution in [0.15, 0.2) is 100 Å². The van der Waals surface area contributed by atoms with Crippen LogP contribution in [0, 0.1) is 10.1 Å². The van der Waals surface area contributed by atoms with Gasteiger partial charge in [-0.1, -0.05) is 60.7 Å². The largest absolute Gasteiger partial charge is 0.489 e. The molecule has 0 heterocycles. The third-order valence-electron chi connectivity index (χ3n) is 5.14. The molecule has 0 radical (unpaired) electrons. The molecule has 38 heavy (non-hydrogen) atoms. The van der Waals surface area contributed by atoms with Crippen molar-refractivity contribution in [2.24, 2.45) is 0 Å². The highest BCUT2D eigenvalue weighted by molar-refractivity contribution is 9.28. The number of aldehydes is 1. The van der Waals surface area contributed by atoms with Crippen molar-refractivity contribution in [3.63, 3.8) is 0 Å². The molecule has 2 N–H and O–H groups in total. The molecule has 0 saturated heterocycles. The van der Waals surface area contributed by atoms with E-state index in [-0.39, 0.29) is 11.3 Å². The van der Waals surface area contributed by atoms with Crippen molar-refractivity contribution >= 4 is 55.6 Å². The van der Waals surface area contributed by atoms with Crippen molar-refractivity contribution in [3.8, 4) is 11.5 Å². The summed E-state index contributed by atoms with van der Waals surface area (Å²) in [5.41, 5.74) is 9.43. The number of nitrogens with zero attached hydrogens (tertiary/aromatic N) is 1. The summed E-state index contributed by atoms with van der Waals surface area (Å²) >= 11 is 6.65. The first kappa shape index (κ1) is 28.6. The van der Waals surface area contributed by atoms with E-state index in [4.69, 9.17) is 15.2 Å². The van der Waals surface area contributed by atoms with Gasteiger partial charge in [-0.3, -0.25) is 14.9 Å². The first-order chi connectivity index (χ1) is 18.4. The number of benzene rings is 4. The fraction of sp³-hybridized carbons (Fsp3) is 0.0690. The zero-order valence-corrected chi connectivity index (χ0v) is 23.3. The van der Waals surface area contributed by atoms with Crippen LogP contribution < -0.4 is 15.2 Å². The third-order valence-corrected chi connectivity index (χ3v) is 5.60. The van der Waals surface area contributed by atoms with Gasteiger partial charge in [0.1, 0.15) is 24.7 Å². The highest BCUT2D eigenvalue weighted by atomic mass is 79.9. The third kappa shape index (κ3) is 9.17. The van der Waals surface area contributed by atoms with Gasteiger partial charge in [0, 0.05) is 17.3 Å². The standard InChI is InChI=1S/C15H13Br2NO.C14H11NO4/c16-15(17)9-12-8-13(6-7-14(12)18)19-10-11-4-2-1-3-5-11;16-9-12-8-13(6-7-14(12)15(17)18)19-10-11-4-2-1-3-5-11/h1-9H,10,18H2;1-9H,10H2. The molecule has 0 aromatic heterocycles. The summed E-state index contributed by atoms with van der Waals surface area (Å²) in [6.45, 7) is 0.889. The van der Waals surface area contributed by atoms with E-state index in [1.54, 1.807) is 0 Å². The van der Waals surface area contributed by atoms with Gasteiger partial charge in [-0.15, -0.1) is 0 Å². The molecule has 0 unspecified atom stereocenters. The Morgan fingerprint density at radius 1 is 0.789 bits per heavy atom. The lowest BCUT2D eigenvalue weighted by molar-refractivity contribution is -0.385. The second-order valence-corrected chi connectivity index (χ2v) is 10.6. The molecule has 0 fully saturated rings. The lowest BCUT2D eigenvalue weighted by Crippen LogP contribution is -1.98. The molecule has 0 atom stereocenters. The van der Waals surface area contributed by atoms with E-state index in [9.17, 15) is 14.9 Å². The van der Waals surface area contributed by atoms with Crippen LogP contribution in [-0.4, -0.2) is 11.2 Å². The minimum Gasteiger partial charge on any atom is -0.489 e. The summed E-state index contributed by atoms with van der Waals surface area (Å²) in [4.78, 5) is 20.9. The molecule has 7 nitrogen and oxygen atoms in total. The van der Waals surface area contributed by atoms with E-state index in [2.05, 4.69) is 31.9 Å². The maximum Gasteiger partial charge on any atom is 0.280 e. The van der Waals surface area contributed by atoms with Gasteiger partial charge in [-0.25, -0.2) is 0 Å². The minimum absolute atomic E-state index is 0.00978. The summed E-state index contributed by atoms with van der Waals surface area (Å²) in [5, 5.41) is 10.7. The SMILES string of the molecule is Nc1ccc(OCc2ccccc2)cc1C=C(Br)Br.O=Cc1cc(OCc2ccccc2)ccc1[N+](=O)[O-]. The Morgan fingerprint density at radius 3 is 1.76 bits per heavy atom. The maximum atomic E-state index is 10.8. The van der Waals surface area contributed by atoms with Crippen LogP contribution in [0.2, 0.25) is 0 Å². The van der Waals surface area contributed by atoms with Crippen molar-refractivity contribution in [2.75, 3.05) is 5.73 Å². The second-order valence-electron chi connectivity index (χ2n) is 7.87. The fourth-order valence-electron chi connectivity index (χ4n) is 3.25. The lowest BCUT2D eigenvalue weighted by atomic mass is 10.1. The Morgan fingerprint density at radius 2 is 1.29 bits per heavy atom. The van der Waals surface area contributed by atoms with Gasteiger partial charge >= 0.3 is 0 Å². The molecule has 4 aromatic rings. The van der Waals surface area contributed by atoms with Gasteiger partial charge in [-0.2, -0.15) is 0 Å². The number of carbonyl (C=O) groups is 1. The van der Waals surface area contributed by atoms with Gasteiger partial charge in [0.15, 0.2) is 6.29 Å². The Kier molecular flexibility index (Phi) is 11.1. The van der Waals surface area contributed by atoms with Gasteiger partial charge in [0.25, 0.3) is 5.69 Å². The molecule has 0 aliphatic heterocycles. The van der Waals surface area contributed by atoms with Gasteiger partial charge < -0.3 is 15.2 Å². The van der Waals surface area contributed by atoms with Crippen LogP contribution in [0.5, 0.6) is 11.5 Å². The Bertz CT molecular complexity index is 1390. The number of halogens is 2. The van der Waals surface area contributed by atoms with Crippen LogP contribution in [-0.2, 0) is 13.2 Å². The molecule has 0 saturated carbocycles. The first-order valence-corrected chi connectivity index (χ1v) is 12.9. The average molecular weight is 640 g/mol. The predicted molar refractivity (Wildman–Crippen MR) is 157 cm³/mol. The van der Waals surface area contributed by atoms with E-state index in [1.807, 2.05) is 84.9 Å². The summed E-state index contributed by atoms with van der Waals surface area (Å²) in [6, 6.07) is 29.3. The fourth-order valence-corrected chi connectivity index (χ4v) is 3.74. The number of nitro groups is 1. The van der Waals surface area contributed by atoms with Gasteiger partial charge in [0.05, 0.1) is 13.9 Å². The molecule has 4 aromatic carbocycles. The monoisotopic (exact) mass is 638 g/mol.